The molecule has 0 aliphatic heterocycles. The molecule has 3 rings (SSSR count). The first-order valence-corrected chi connectivity index (χ1v) is 5.54. The number of pyridine rings is 2. The van der Waals surface area contributed by atoms with E-state index in [-0.39, 0.29) is 0 Å². The number of rotatable bonds is 1. The van der Waals surface area contributed by atoms with Crippen LogP contribution in [0.2, 0.25) is 0 Å². The van der Waals surface area contributed by atoms with Crippen LogP contribution < -0.4 is 0 Å². The fraction of sp³-hybridized carbons (Fsp3) is 0. The molecule has 3 heterocycles. The number of halogens is 1. The molecule has 0 fully saturated rings. The van der Waals surface area contributed by atoms with Gasteiger partial charge in [-0.15, -0.1) is 5.10 Å². The summed E-state index contributed by atoms with van der Waals surface area (Å²) in [6.07, 6.45) is 5.35. The van der Waals surface area contributed by atoms with Crippen LogP contribution in [-0.4, -0.2) is 19.6 Å². The molecule has 0 bridgehead atoms. The van der Waals surface area contributed by atoms with Crippen LogP contribution in [0.1, 0.15) is 0 Å². The minimum Gasteiger partial charge on any atom is -0.264 e. The second-order valence-corrected chi connectivity index (χ2v) is 4.24. The molecule has 0 atom stereocenters. The third kappa shape index (κ3) is 1.59. The lowest BCUT2D eigenvalue weighted by Crippen LogP contribution is -1.85. The van der Waals surface area contributed by atoms with E-state index in [1.807, 2.05) is 30.5 Å². The van der Waals surface area contributed by atoms with Crippen LogP contribution in [0.3, 0.4) is 0 Å². The van der Waals surface area contributed by atoms with Crippen molar-refractivity contribution in [1.82, 2.24) is 19.6 Å². The molecule has 0 unspecified atom stereocenters. The molecular formula is C11H7BrN4. The third-order valence-electron chi connectivity index (χ3n) is 2.22. The van der Waals surface area contributed by atoms with Gasteiger partial charge in [-0.3, -0.25) is 4.98 Å². The summed E-state index contributed by atoms with van der Waals surface area (Å²) in [6.45, 7) is 0. The molecule has 0 N–H and O–H groups in total. The Morgan fingerprint density at radius 1 is 1.25 bits per heavy atom. The first-order valence-electron chi connectivity index (χ1n) is 4.75. The van der Waals surface area contributed by atoms with Crippen molar-refractivity contribution in [1.29, 1.82) is 0 Å². The Morgan fingerprint density at radius 2 is 2.19 bits per heavy atom. The standard InChI is InChI=1S/C11H7BrN4/c12-9-3-5-16-10(6-9)14-11(15-16)8-2-1-4-13-7-8/h1-7H. The average Bonchev–Trinajstić information content (AvgIpc) is 2.73. The molecule has 0 saturated carbocycles. The smallest absolute Gasteiger partial charge is 0.183 e. The highest BCUT2D eigenvalue weighted by Crippen LogP contribution is 2.17. The van der Waals surface area contributed by atoms with Gasteiger partial charge in [0.25, 0.3) is 0 Å². The predicted octanol–water partition coefficient (Wildman–Crippen LogP) is 2.55. The zero-order valence-electron chi connectivity index (χ0n) is 8.21. The summed E-state index contributed by atoms with van der Waals surface area (Å²) in [5.74, 6) is 0.686. The van der Waals surface area contributed by atoms with Gasteiger partial charge >= 0.3 is 0 Å². The van der Waals surface area contributed by atoms with E-state index in [1.54, 1.807) is 16.9 Å². The second-order valence-electron chi connectivity index (χ2n) is 3.32. The van der Waals surface area contributed by atoms with Gasteiger partial charge in [0.2, 0.25) is 0 Å². The lowest BCUT2D eigenvalue weighted by Gasteiger charge is -1.90. The van der Waals surface area contributed by atoms with Crippen molar-refractivity contribution in [3.63, 3.8) is 0 Å². The van der Waals surface area contributed by atoms with Gasteiger partial charge in [-0.25, -0.2) is 9.50 Å². The van der Waals surface area contributed by atoms with Gasteiger partial charge in [-0.1, -0.05) is 15.9 Å². The zero-order valence-corrected chi connectivity index (χ0v) is 9.79. The van der Waals surface area contributed by atoms with Crippen molar-refractivity contribution in [2.45, 2.75) is 0 Å². The van der Waals surface area contributed by atoms with Gasteiger partial charge in [-0.2, -0.15) is 0 Å². The van der Waals surface area contributed by atoms with Gasteiger partial charge in [0, 0.05) is 28.6 Å². The Hall–Kier alpha value is -1.75. The van der Waals surface area contributed by atoms with Crippen molar-refractivity contribution in [2.24, 2.45) is 0 Å². The van der Waals surface area contributed by atoms with Gasteiger partial charge in [-0.05, 0) is 24.3 Å². The van der Waals surface area contributed by atoms with E-state index in [0.717, 1.165) is 15.7 Å². The van der Waals surface area contributed by atoms with Crippen molar-refractivity contribution < 1.29 is 0 Å². The van der Waals surface area contributed by atoms with Crippen molar-refractivity contribution in [3.8, 4) is 11.4 Å². The summed E-state index contributed by atoms with van der Waals surface area (Å²) in [5, 5.41) is 4.37. The molecule has 78 valence electrons. The van der Waals surface area contributed by atoms with Crippen LogP contribution in [0.4, 0.5) is 0 Å². The Kier molecular flexibility index (Phi) is 2.18. The lowest BCUT2D eigenvalue weighted by atomic mass is 10.3. The molecule has 0 amide bonds. The first-order chi connectivity index (χ1) is 7.83. The quantitative estimate of drug-likeness (QED) is 0.685. The van der Waals surface area contributed by atoms with Crippen LogP contribution in [0.15, 0.2) is 47.3 Å². The zero-order chi connectivity index (χ0) is 11.0. The minimum atomic E-state index is 0.686. The SMILES string of the molecule is Brc1ccn2nc(-c3cccnc3)nc2c1. The molecule has 4 nitrogen and oxygen atoms in total. The van der Waals surface area contributed by atoms with E-state index in [9.17, 15) is 0 Å². The molecule has 0 spiro atoms. The maximum absolute atomic E-state index is 4.43. The van der Waals surface area contributed by atoms with E-state index < -0.39 is 0 Å². The van der Waals surface area contributed by atoms with Gasteiger partial charge in [0.1, 0.15) is 0 Å². The molecular weight excluding hydrogens is 268 g/mol. The molecule has 16 heavy (non-hydrogen) atoms. The molecule has 3 aromatic heterocycles. The first kappa shape index (κ1) is 9.47. The number of nitrogens with zero attached hydrogens (tertiary/aromatic N) is 4. The van der Waals surface area contributed by atoms with E-state index >= 15 is 0 Å². The molecule has 5 heteroatoms. The minimum absolute atomic E-state index is 0.686. The molecule has 3 aromatic rings. The van der Waals surface area contributed by atoms with E-state index in [1.165, 1.54) is 0 Å². The van der Waals surface area contributed by atoms with E-state index in [0.29, 0.717) is 5.82 Å². The van der Waals surface area contributed by atoms with Crippen molar-refractivity contribution >= 4 is 21.6 Å². The highest BCUT2D eigenvalue weighted by Gasteiger charge is 2.05. The van der Waals surface area contributed by atoms with E-state index in [4.69, 9.17) is 0 Å². The monoisotopic (exact) mass is 274 g/mol. The Balaban J connectivity index is 2.19. The highest BCUT2D eigenvalue weighted by molar-refractivity contribution is 9.10. The molecule has 0 aromatic carbocycles. The lowest BCUT2D eigenvalue weighted by molar-refractivity contribution is 0.963. The molecule has 0 radical (unpaired) electrons. The van der Waals surface area contributed by atoms with E-state index in [2.05, 4.69) is 31.0 Å². The maximum atomic E-state index is 4.43. The number of hydrogen-bond acceptors (Lipinski definition) is 3. The third-order valence-corrected chi connectivity index (χ3v) is 2.71. The van der Waals surface area contributed by atoms with Crippen LogP contribution in [0, 0.1) is 0 Å². The average molecular weight is 275 g/mol. The number of fused-ring (bicyclic) bond motifs is 1. The van der Waals surface area contributed by atoms with Crippen molar-refractivity contribution in [2.75, 3.05) is 0 Å². The Morgan fingerprint density at radius 3 is 3.00 bits per heavy atom. The van der Waals surface area contributed by atoms with Gasteiger partial charge in [0.15, 0.2) is 11.5 Å². The largest absolute Gasteiger partial charge is 0.264 e. The maximum Gasteiger partial charge on any atom is 0.183 e. The molecule has 0 saturated heterocycles. The summed E-state index contributed by atoms with van der Waals surface area (Å²) in [4.78, 5) is 8.48. The summed E-state index contributed by atoms with van der Waals surface area (Å²) in [6, 6.07) is 7.66. The summed E-state index contributed by atoms with van der Waals surface area (Å²) >= 11 is 3.40. The normalized spacial score (nSPS) is 10.8. The Bertz CT molecular complexity index is 633. The highest BCUT2D eigenvalue weighted by atomic mass is 79.9. The summed E-state index contributed by atoms with van der Waals surface area (Å²) in [5.41, 5.74) is 1.73. The topological polar surface area (TPSA) is 43.1 Å². The number of hydrogen-bond donors (Lipinski definition) is 0. The van der Waals surface area contributed by atoms with Crippen LogP contribution >= 0.6 is 15.9 Å². The van der Waals surface area contributed by atoms with Crippen molar-refractivity contribution in [3.05, 3.63) is 47.3 Å². The Labute approximate surface area is 100 Å². The van der Waals surface area contributed by atoms with Crippen LogP contribution in [-0.2, 0) is 0 Å². The molecule has 0 aliphatic carbocycles. The predicted molar refractivity (Wildman–Crippen MR) is 63.9 cm³/mol. The summed E-state index contributed by atoms with van der Waals surface area (Å²) < 4.78 is 2.73. The second kappa shape index (κ2) is 3.68. The summed E-state index contributed by atoms with van der Waals surface area (Å²) in [7, 11) is 0. The molecule has 0 aliphatic rings. The number of aromatic nitrogens is 4. The van der Waals surface area contributed by atoms with Crippen LogP contribution in [0.25, 0.3) is 17.0 Å². The van der Waals surface area contributed by atoms with Gasteiger partial charge in [0.05, 0.1) is 0 Å². The van der Waals surface area contributed by atoms with Gasteiger partial charge < -0.3 is 0 Å². The fourth-order valence-electron chi connectivity index (χ4n) is 1.47. The van der Waals surface area contributed by atoms with Crippen LogP contribution in [0.5, 0.6) is 0 Å². The fourth-order valence-corrected chi connectivity index (χ4v) is 1.80.